The summed E-state index contributed by atoms with van der Waals surface area (Å²) in [6.45, 7) is 3.55. The molecular weight excluding hydrogens is 228 g/mol. The Labute approximate surface area is 95.1 Å². The average molecular weight is 242 g/mol. The van der Waals surface area contributed by atoms with Crippen molar-refractivity contribution in [3.05, 3.63) is 11.5 Å². The van der Waals surface area contributed by atoms with Crippen molar-refractivity contribution in [3.8, 4) is 6.07 Å². The maximum absolute atomic E-state index is 11.6. The van der Waals surface area contributed by atoms with Crippen molar-refractivity contribution >= 4 is 15.7 Å². The van der Waals surface area contributed by atoms with E-state index in [2.05, 4.69) is 5.32 Å². The van der Waals surface area contributed by atoms with Crippen LogP contribution in [-0.2, 0) is 14.6 Å². The number of nitrogens with zero attached hydrogens (tertiary/aromatic N) is 1. The van der Waals surface area contributed by atoms with Gasteiger partial charge in [-0.3, -0.25) is 4.79 Å². The van der Waals surface area contributed by atoms with Crippen LogP contribution in [0.15, 0.2) is 11.5 Å². The average Bonchev–Trinajstić information content (AvgIpc) is 2.45. The van der Waals surface area contributed by atoms with Gasteiger partial charge in [-0.1, -0.05) is 13.8 Å². The number of nitrogens with one attached hydrogen (secondary N) is 1. The Morgan fingerprint density at radius 2 is 2.19 bits per heavy atom. The maximum atomic E-state index is 11.6. The fraction of sp³-hybridized carbons (Fsp3) is 0.600. The lowest BCUT2D eigenvalue weighted by molar-refractivity contribution is -0.124. The molecule has 0 aromatic heterocycles. The molecule has 6 heteroatoms. The van der Waals surface area contributed by atoms with Gasteiger partial charge in [0.2, 0.25) is 5.91 Å². The lowest BCUT2D eigenvalue weighted by Gasteiger charge is -2.15. The van der Waals surface area contributed by atoms with E-state index in [4.69, 9.17) is 5.26 Å². The molecule has 0 aliphatic carbocycles. The van der Waals surface area contributed by atoms with Gasteiger partial charge in [0.1, 0.15) is 5.92 Å². The Bertz CT molecular complexity index is 445. The first-order valence-corrected chi connectivity index (χ1v) is 6.68. The van der Waals surface area contributed by atoms with Crippen LogP contribution in [0.2, 0.25) is 0 Å². The van der Waals surface area contributed by atoms with Crippen molar-refractivity contribution in [2.75, 3.05) is 5.75 Å². The zero-order valence-electron chi connectivity index (χ0n) is 9.17. The fourth-order valence-corrected chi connectivity index (χ4v) is 2.68. The van der Waals surface area contributed by atoms with Crippen molar-refractivity contribution in [1.82, 2.24) is 5.32 Å². The third-order valence-electron chi connectivity index (χ3n) is 2.35. The van der Waals surface area contributed by atoms with Crippen LogP contribution in [0.5, 0.6) is 0 Å². The van der Waals surface area contributed by atoms with Crippen molar-refractivity contribution < 1.29 is 13.2 Å². The second-order valence-electron chi connectivity index (χ2n) is 4.12. The molecule has 0 radical (unpaired) electrons. The molecule has 1 rings (SSSR count). The highest BCUT2D eigenvalue weighted by Gasteiger charge is 2.27. The van der Waals surface area contributed by atoms with Crippen molar-refractivity contribution in [2.45, 2.75) is 19.9 Å². The highest BCUT2D eigenvalue weighted by Crippen LogP contribution is 2.12. The molecule has 2 atom stereocenters. The monoisotopic (exact) mass is 242 g/mol. The summed E-state index contributed by atoms with van der Waals surface area (Å²) < 4.78 is 22.2. The van der Waals surface area contributed by atoms with Gasteiger partial charge in [-0.25, -0.2) is 8.42 Å². The minimum atomic E-state index is -3.17. The smallest absolute Gasteiger partial charge is 0.238 e. The highest BCUT2D eigenvalue weighted by atomic mass is 32.2. The van der Waals surface area contributed by atoms with Crippen LogP contribution in [0.25, 0.3) is 0 Å². The molecule has 1 aliphatic heterocycles. The summed E-state index contributed by atoms with van der Waals surface area (Å²) >= 11 is 0. The van der Waals surface area contributed by atoms with Crippen LogP contribution in [0.3, 0.4) is 0 Å². The first-order valence-electron chi connectivity index (χ1n) is 4.96. The van der Waals surface area contributed by atoms with Gasteiger partial charge in [-0.05, 0) is 12.0 Å². The second-order valence-corrected chi connectivity index (χ2v) is 6.06. The van der Waals surface area contributed by atoms with Gasteiger partial charge in [-0.15, -0.1) is 0 Å². The van der Waals surface area contributed by atoms with Gasteiger partial charge in [0.15, 0.2) is 9.84 Å². The topological polar surface area (TPSA) is 87.0 Å². The van der Waals surface area contributed by atoms with Crippen molar-refractivity contribution in [2.24, 2.45) is 11.8 Å². The minimum Gasteiger partial charge on any atom is -0.348 e. The summed E-state index contributed by atoms with van der Waals surface area (Å²) in [5.41, 5.74) is 0. The third-order valence-corrected chi connectivity index (χ3v) is 3.74. The van der Waals surface area contributed by atoms with Crippen LogP contribution in [0, 0.1) is 23.2 Å². The van der Waals surface area contributed by atoms with E-state index in [1.165, 1.54) is 6.08 Å². The van der Waals surface area contributed by atoms with Gasteiger partial charge in [0, 0.05) is 5.41 Å². The number of rotatable bonds is 3. The number of nitriles is 1. The Hall–Kier alpha value is -1.35. The maximum Gasteiger partial charge on any atom is 0.238 e. The molecule has 2 unspecified atom stereocenters. The van der Waals surface area contributed by atoms with E-state index in [-0.39, 0.29) is 11.7 Å². The zero-order chi connectivity index (χ0) is 12.3. The van der Waals surface area contributed by atoms with Crippen molar-refractivity contribution in [1.29, 1.82) is 5.26 Å². The summed E-state index contributed by atoms with van der Waals surface area (Å²) in [5, 5.41) is 12.4. The van der Waals surface area contributed by atoms with Crippen LogP contribution in [-0.4, -0.2) is 26.1 Å². The van der Waals surface area contributed by atoms with E-state index in [1.807, 2.05) is 6.07 Å². The SMILES string of the molecule is CC(C)C(C#N)C(=O)NC1C=CS(=O)(=O)C1. The molecule has 1 heterocycles. The molecule has 0 bridgehead atoms. The Morgan fingerprint density at radius 3 is 2.56 bits per heavy atom. The Kier molecular flexibility index (Phi) is 3.70. The molecule has 16 heavy (non-hydrogen) atoms. The number of hydrogen-bond donors (Lipinski definition) is 1. The molecule has 1 aliphatic rings. The van der Waals surface area contributed by atoms with E-state index in [9.17, 15) is 13.2 Å². The van der Waals surface area contributed by atoms with Gasteiger partial charge in [-0.2, -0.15) is 5.26 Å². The third kappa shape index (κ3) is 3.07. The summed E-state index contributed by atoms with van der Waals surface area (Å²) in [6.07, 6.45) is 1.43. The predicted octanol–water partition coefficient (Wildman–Crippen LogP) is 0.209. The molecular formula is C10H14N2O3S. The van der Waals surface area contributed by atoms with Gasteiger partial charge in [0.05, 0.1) is 17.9 Å². The van der Waals surface area contributed by atoms with E-state index < -0.39 is 27.7 Å². The van der Waals surface area contributed by atoms with Crippen LogP contribution in [0.1, 0.15) is 13.8 Å². The molecule has 1 N–H and O–H groups in total. The van der Waals surface area contributed by atoms with Gasteiger partial charge >= 0.3 is 0 Å². The number of carbonyl (C=O) groups is 1. The molecule has 5 nitrogen and oxygen atoms in total. The lowest BCUT2D eigenvalue weighted by atomic mass is 9.96. The van der Waals surface area contributed by atoms with E-state index in [0.29, 0.717) is 0 Å². The number of hydrogen-bond acceptors (Lipinski definition) is 4. The standard InChI is InChI=1S/C10H14N2O3S/c1-7(2)9(5-11)10(13)12-8-3-4-16(14,15)6-8/h3-4,7-9H,6H2,1-2H3,(H,12,13). The number of amides is 1. The Morgan fingerprint density at radius 1 is 1.56 bits per heavy atom. The summed E-state index contributed by atoms with van der Waals surface area (Å²) in [4.78, 5) is 11.6. The van der Waals surface area contributed by atoms with Crippen LogP contribution >= 0.6 is 0 Å². The van der Waals surface area contributed by atoms with Crippen molar-refractivity contribution in [3.63, 3.8) is 0 Å². The molecule has 0 saturated carbocycles. The lowest BCUT2D eigenvalue weighted by Crippen LogP contribution is -2.40. The van der Waals surface area contributed by atoms with Gasteiger partial charge < -0.3 is 5.32 Å². The minimum absolute atomic E-state index is 0.0908. The summed E-state index contributed by atoms with van der Waals surface area (Å²) in [6, 6.07) is 1.40. The first-order chi connectivity index (χ1) is 7.35. The van der Waals surface area contributed by atoms with E-state index >= 15 is 0 Å². The predicted molar refractivity (Wildman–Crippen MR) is 58.8 cm³/mol. The molecule has 0 aromatic rings. The quantitative estimate of drug-likeness (QED) is 0.766. The Balaban J connectivity index is 2.61. The molecule has 0 aromatic carbocycles. The van der Waals surface area contributed by atoms with E-state index in [1.54, 1.807) is 13.8 Å². The zero-order valence-corrected chi connectivity index (χ0v) is 9.99. The van der Waals surface area contributed by atoms with Crippen LogP contribution in [0.4, 0.5) is 0 Å². The summed E-state index contributed by atoms with van der Waals surface area (Å²) in [5.74, 6) is -1.36. The largest absolute Gasteiger partial charge is 0.348 e. The second kappa shape index (κ2) is 4.66. The van der Waals surface area contributed by atoms with E-state index in [0.717, 1.165) is 5.41 Å². The summed E-state index contributed by atoms with van der Waals surface area (Å²) in [7, 11) is -3.17. The molecule has 0 saturated heterocycles. The first kappa shape index (κ1) is 12.7. The van der Waals surface area contributed by atoms with Gasteiger partial charge in [0.25, 0.3) is 0 Å². The molecule has 0 fully saturated rings. The number of sulfone groups is 1. The molecule has 88 valence electrons. The fourth-order valence-electron chi connectivity index (χ4n) is 1.45. The molecule has 0 spiro atoms. The molecule has 1 amide bonds. The van der Waals surface area contributed by atoms with Crippen LogP contribution < -0.4 is 5.32 Å². The number of carbonyl (C=O) groups excluding carboxylic acids is 1. The highest BCUT2D eigenvalue weighted by molar-refractivity contribution is 7.94. The normalized spacial score (nSPS) is 24.0.